The van der Waals surface area contributed by atoms with Gasteiger partial charge < -0.3 is 10.5 Å². The molecule has 0 saturated carbocycles. The Kier molecular flexibility index (Phi) is 3.38. The average molecular weight is 167 g/mol. The molecule has 0 aromatic carbocycles. The Morgan fingerprint density at radius 2 is 2.18 bits per heavy atom. The highest BCUT2D eigenvalue weighted by Crippen LogP contribution is 2.20. The van der Waals surface area contributed by atoms with E-state index in [2.05, 4.69) is 4.74 Å². The summed E-state index contributed by atoms with van der Waals surface area (Å²) in [6.45, 7) is 1.40. The first-order valence-electron chi connectivity index (χ1n) is 3.12. The van der Waals surface area contributed by atoms with Gasteiger partial charge in [0.05, 0.1) is 7.11 Å². The number of carbonyl (C=O) groups excluding carboxylic acids is 1. The minimum Gasteiger partial charge on any atom is -0.465 e. The first-order chi connectivity index (χ1) is 4.90. The molecule has 1 atom stereocenters. The Morgan fingerprint density at radius 1 is 1.73 bits per heavy atom. The summed E-state index contributed by atoms with van der Waals surface area (Å²) in [5, 5.41) is 0. The molecule has 0 aromatic heterocycles. The van der Waals surface area contributed by atoms with Crippen LogP contribution in [0.15, 0.2) is 0 Å². The molecule has 0 aliphatic rings. The average Bonchev–Trinajstić information content (AvgIpc) is 1.83. The molecule has 0 aliphatic heterocycles. The van der Waals surface area contributed by atoms with Crippen molar-refractivity contribution in [2.75, 3.05) is 7.11 Å². The monoisotopic (exact) mass is 167 g/mol. The summed E-state index contributed by atoms with van der Waals surface area (Å²) in [7, 11) is 0.914. The van der Waals surface area contributed by atoms with Crippen LogP contribution in [0, 0.1) is 0 Å². The van der Waals surface area contributed by atoms with Crippen molar-refractivity contribution in [3.05, 3.63) is 0 Å². The maximum absolute atomic E-state index is 12.5. The van der Waals surface area contributed by atoms with Crippen molar-refractivity contribution in [1.29, 1.82) is 0 Å². The number of carbonyl (C=O) groups is 1. The maximum atomic E-state index is 12.5. The summed E-state index contributed by atoms with van der Waals surface area (Å²) in [5.41, 5.74) is 5.08. The van der Waals surface area contributed by atoms with Crippen molar-refractivity contribution in [1.82, 2.24) is 0 Å². The topological polar surface area (TPSA) is 52.3 Å². The van der Waals surface area contributed by atoms with E-state index in [9.17, 15) is 13.6 Å². The van der Waals surface area contributed by atoms with E-state index in [-0.39, 0.29) is 0 Å². The second-order valence-corrected chi connectivity index (χ2v) is 2.38. The fourth-order valence-corrected chi connectivity index (χ4v) is 0.637. The van der Waals surface area contributed by atoms with Crippen molar-refractivity contribution >= 4 is 5.97 Å². The van der Waals surface area contributed by atoms with E-state index in [1.54, 1.807) is 0 Å². The Labute approximate surface area is 63.5 Å². The maximum Gasteiger partial charge on any atom is 0.376 e. The molecule has 11 heavy (non-hydrogen) atoms. The van der Waals surface area contributed by atoms with Crippen LogP contribution in [0.2, 0.25) is 0 Å². The predicted octanol–water partition coefficient (Wildman–Crippen LogP) is 0.532. The van der Waals surface area contributed by atoms with Crippen LogP contribution in [0.4, 0.5) is 8.78 Å². The highest BCUT2D eigenvalue weighted by atomic mass is 19.3. The van der Waals surface area contributed by atoms with E-state index < -0.39 is 24.4 Å². The van der Waals surface area contributed by atoms with Crippen molar-refractivity contribution in [3.63, 3.8) is 0 Å². The molecule has 0 fully saturated rings. The van der Waals surface area contributed by atoms with Crippen molar-refractivity contribution in [2.45, 2.75) is 25.3 Å². The third-order valence-electron chi connectivity index (χ3n) is 1.06. The number of hydrogen-bond acceptors (Lipinski definition) is 3. The normalized spacial score (nSPS) is 14.3. The molecule has 0 radical (unpaired) electrons. The molecule has 0 heterocycles. The second kappa shape index (κ2) is 3.61. The standard InChI is InChI=1S/C6H11F2NO2/c1-4(9)3-6(7,8)5(10)11-2/h4H,3,9H2,1-2H3/t4-/m0/s1. The van der Waals surface area contributed by atoms with Gasteiger partial charge in [0, 0.05) is 12.5 Å². The molecule has 66 valence electrons. The number of esters is 1. The largest absolute Gasteiger partial charge is 0.465 e. The summed E-state index contributed by atoms with van der Waals surface area (Å²) in [4.78, 5) is 10.3. The first-order valence-corrected chi connectivity index (χ1v) is 3.12. The van der Waals surface area contributed by atoms with Crippen LogP contribution in [0.5, 0.6) is 0 Å². The van der Waals surface area contributed by atoms with Gasteiger partial charge in [-0.25, -0.2) is 4.79 Å². The molecule has 3 nitrogen and oxygen atoms in total. The van der Waals surface area contributed by atoms with Crippen LogP contribution in [-0.2, 0) is 9.53 Å². The molecule has 5 heteroatoms. The molecule has 0 bridgehead atoms. The van der Waals surface area contributed by atoms with Gasteiger partial charge in [-0.15, -0.1) is 0 Å². The lowest BCUT2D eigenvalue weighted by atomic mass is 10.1. The van der Waals surface area contributed by atoms with Gasteiger partial charge in [0.25, 0.3) is 0 Å². The van der Waals surface area contributed by atoms with Gasteiger partial charge in [-0.2, -0.15) is 8.78 Å². The van der Waals surface area contributed by atoms with Gasteiger partial charge in [0.1, 0.15) is 0 Å². The number of rotatable bonds is 3. The van der Waals surface area contributed by atoms with Gasteiger partial charge >= 0.3 is 11.9 Å². The molecule has 0 aromatic rings. The molecule has 0 saturated heterocycles. The highest BCUT2D eigenvalue weighted by molar-refractivity contribution is 5.77. The van der Waals surface area contributed by atoms with Gasteiger partial charge in [-0.05, 0) is 6.92 Å². The van der Waals surface area contributed by atoms with E-state index in [4.69, 9.17) is 5.73 Å². The molecule has 0 rings (SSSR count). The van der Waals surface area contributed by atoms with Crippen LogP contribution >= 0.6 is 0 Å². The summed E-state index contributed by atoms with van der Waals surface area (Å²) in [6, 6.07) is -0.718. The van der Waals surface area contributed by atoms with Gasteiger partial charge in [-0.1, -0.05) is 0 Å². The van der Waals surface area contributed by atoms with Crippen LogP contribution in [0.1, 0.15) is 13.3 Å². The Balaban J connectivity index is 4.09. The molecule has 2 N–H and O–H groups in total. The fourth-order valence-electron chi connectivity index (χ4n) is 0.637. The van der Waals surface area contributed by atoms with E-state index in [1.165, 1.54) is 6.92 Å². The highest BCUT2D eigenvalue weighted by Gasteiger charge is 2.40. The lowest BCUT2D eigenvalue weighted by Gasteiger charge is -2.14. The Bertz CT molecular complexity index is 148. The number of ether oxygens (including phenoxy) is 1. The van der Waals surface area contributed by atoms with Crippen LogP contribution in [0.25, 0.3) is 0 Å². The van der Waals surface area contributed by atoms with Crippen LogP contribution < -0.4 is 5.73 Å². The molecule has 0 amide bonds. The number of hydrogen-bond donors (Lipinski definition) is 1. The minimum absolute atomic E-state index is 0.681. The number of halogens is 2. The molecule has 0 spiro atoms. The van der Waals surface area contributed by atoms with Gasteiger partial charge in [-0.3, -0.25) is 0 Å². The third-order valence-corrected chi connectivity index (χ3v) is 1.06. The first kappa shape index (κ1) is 10.3. The SMILES string of the molecule is COC(=O)C(F)(F)C[C@H](C)N. The lowest BCUT2D eigenvalue weighted by molar-refractivity contribution is -0.170. The van der Waals surface area contributed by atoms with Crippen molar-refractivity contribution < 1.29 is 18.3 Å². The predicted molar refractivity (Wildman–Crippen MR) is 35.2 cm³/mol. The molecule has 0 aliphatic carbocycles. The van der Waals surface area contributed by atoms with Crippen molar-refractivity contribution in [2.24, 2.45) is 5.73 Å². The van der Waals surface area contributed by atoms with E-state index in [1.807, 2.05) is 0 Å². The fraction of sp³-hybridized carbons (Fsp3) is 0.833. The van der Waals surface area contributed by atoms with Crippen molar-refractivity contribution in [3.8, 4) is 0 Å². The number of nitrogens with two attached hydrogens (primary N) is 1. The Hall–Kier alpha value is -0.710. The zero-order valence-electron chi connectivity index (χ0n) is 6.43. The smallest absolute Gasteiger partial charge is 0.376 e. The van der Waals surface area contributed by atoms with Crippen LogP contribution in [0.3, 0.4) is 0 Å². The Morgan fingerprint density at radius 3 is 2.45 bits per heavy atom. The summed E-state index contributed by atoms with van der Waals surface area (Å²) >= 11 is 0. The van der Waals surface area contributed by atoms with E-state index in [0.29, 0.717) is 0 Å². The minimum atomic E-state index is -3.46. The molecular weight excluding hydrogens is 156 g/mol. The summed E-state index contributed by atoms with van der Waals surface area (Å²) in [5.74, 6) is -4.99. The van der Waals surface area contributed by atoms with Gasteiger partial charge in [0.2, 0.25) is 0 Å². The quantitative estimate of drug-likeness (QED) is 0.624. The van der Waals surface area contributed by atoms with Crippen LogP contribution in [-0.4, -0.2) is 25.0 Å². The molecule has 0 unspecified atom stereocenters. The number of methoxy groups -OCH3 is 1. The summed E-state index contributed by atoms with van der Waals surface area (Å²) < 4.78 is 28.9. The van der Waals surface area contributed by atoms with E-state index >= 15 is 0 Å². The lowest BCUT2D eigenvalue weighted by Crippen LogP contribution is -2.36. The third kappa shape index (κ3) is 3.27. The second-order valence-electron chi connectivity index (χ2n) is 2.38. The zero-order valence-corrected chi connectivity index (χ0v) is 6.43. The zero-order chi connectivity index (χ0) is 9.07. The van der Waals surface area contributed by atoms with Gasteiger partial charge in [0.15, 0.2) is 0 Å². The van der Waals surface area contributed by atoms with E-state index in [0.717, 1.165) is 7.11 Å². The number of alkyl halides is 2. The summed E-state index contributed by atoms with van der Waals surface area (Å²) in [6.07, 6.45) is -0.681. The molecular formula is C6H11F2NO2.